The Morgan fingerprint density at radius 2 is 1.90 bits per heavy atom. The van der Waals surface area contributed by atoms with Crippen LogP contribution in [0.15, 0.2) is 47.6 Å². The molecular weight excluding hydrogens is 397 g/mol. The molecule has 30 heavy (non-hydrogen) atoms. The molecule has 1 heterocycles. The maximum absolute atomic E-state index is 13.0. The van der Waals surface area contributed by atoms with Crippen molar-refractivity contribution in [2.45, 2.75) is 39.9 Å². The van der Waals surface area contributed by atoms with Crippen LogP contribution in [0.3, 0.4) is 0 Å². The summed E-state index contributed by atoms with van der Waals surface area (Å²) in [5.41, 5.74) is 1.34. The average Bonchev–Trinajstić information content (AvgIpc) is 2.90. The van der Waals surface area contributed by atoms with Gasteiger partial charge in [-0.15, -0.1) is 0 Å². The van der Waals surface area contributed by atoms with Crippen LogP contribution in [-0.4, -0.2) is 17.6 Å². The second kappa shape index (κ2) is 8.30. The first-order valence-corrected chi connectivity index (χ1v) is 9.43. The van der Waals surface area contributed by atoms with Crippen molar-refractivity contribution in [2.75, 3.05) is 4.90 Å². The number of oxime groups is 1. The van der Waals surface area contributed by atoms with Crippen molar-refractivity contribution in [3.05, 3.63) is 64.7 Å². The van der Waals surface area contributed by atoms with Crippen LogP contribution < -0.4 is 4.90 Å². The summed E-state index contributed by atoms with van der Waals surface area (Å²) in [5, 5.41) is 3.78. The number of halogens is 3. The molecule has 5 nitrogen and oxygen atoms in total. The van der Waals surface area contributed by atoms with Crippen LogP contribution in [0.25, 0.3) is 0 Å². The largest absolute Gasteiger partial charge is 0.416 e. The Bertz CT molecular complexity index is 1010. The number of nitrogens with zero attached hydrogens (tertiary/aromatic N) is 2. The molecule has 8 heteroatoms. The maximum atomic E-state index is 13.0. The van der Waals surface area contributed by atoms with Crippen LogP contribution in [0.4, 0.5) is 18.9 Å². The van der Waals surface area contributed by atoms with Crippen molar-refractivity contribution in [3.8, 4) is 0 Å². The van der Waals surface area contributed by atoms with Gasteiger partial charge in [0.15, 0.2) is 5.71 Å². The van der Waals surface area contributed by atoms with Crippen LogP contribution in [-0.2, 0) is 27.1 Å². The molecule has 0 aliphatic carbocycles. The minimum absolute atomic E-state index is 0.0437. The second-order valence-corrected chi connectivity index (χ2v) is 7.61. The average molecular weight is 418 g/mol. The molecule has 0 saturated carbocycles. The van der Waals surface area contributed by atoms with Crippen LogP contribution in [0.5, 0.6) is 0 Å². The second-order valence-electron chi connectivity index (χ2n) is 7.61. The van der Waals surface area contributed by atoms with E-state index in [1.54, 1.807) is 18.2 Å². The van der Waals surface area contributed by atoms with E-state index in [-0.39, 0.29) is 24.6 Å². The van der Waals surface area contributed by atoms with Gasteiger partial charge in [-0.2, -0.15) is 13.2 Å². The fraction of sp³-hybridized carbons (Fsp3) is 0.318. The number of aryl methyl sites for hydroxylation is 1. The van der Waals surface area contributed by atoms with Crippen LogP contribution in [0, 0.1) is 12.8 Å². The number of carbonyl (C=O) groups is 2. The highest BCUT2D eigenvalue weighted by atomic mass is 19.4. The topological polar surface area (TPSA) is 59.0 Å². The van der Waals surface area contributed by atoms with Gasteiger partial charge in [0.05, 0.1) is 24.2 Å². The van der Waals surface area contributed by atoms with Crippen LogP contribution in [0.1, 0.15) is 42.5 Å². The molecule has 0 N–H and O–H groups in total. The van der Waals surface area contributed by atoms with E-state index in [0.717, 1.165) is 17.7 Å². The van der Waals surface area contributed by atoms with Gasteiger partial charge in [0.2, 0.25) is 0 Å². The van der Waals surface area contributed by atoms with Gasteiger partial charge in [-0.05, 0) is 42.7 Å². The summed E-state index contributed by atoms with van der Waals surface area (Å²) in [6.45, 7) is 5.47. The number of rotatable bonds is 5. The van der Waals surface area contributed by atoms with Crippen molar-refractivity contribution in [1.82, 2.24) is 0 Å². The van der Waals surface area contributed by atoms with E-state index >= 15 is 0 Å². The third-order valence-electron chi connectivity index (χ3n) is 4.55. The number of hydrogen-bond acceptors (Lipinski definition) is 4. The van der Waals surface area contributed by atoms with Gasteiger partial charge >= 0.3 is 12.1 Å². The highest BCUT2D eigenvalue weighted by Gasteiger charge is 2.36. The Morgan fingerprint density at radius 1 is 1.17 bits per heavy atom. The van der Waals surface area contributed by atoms with Crippen molar-refractivity contribution in [3.63, 3.8) is 0 Å². The summed E-state index contributed by atoms with van der Waals surface area (Å²) in [7, 11) is 0. The zero-order valence-electron chi connectivity index (χ0n) is 16.8. The molecule has 0 unspecified atom stereocenters. The SMILES string of the molecule is Cc1ccc2c(c1)C(=NOC(=O)CC(C)C)C(=O)N2Cc1cccc(C(F)(F)F)c1. The van der Waals surface area contributed by atoms with E-state index in [1.807, 2.05) is 20.8 Å². The number of anilines is 1. The molecule has 0 atom stereocenters. The first-order chi connectivity index (χ1) is 14.1. The normalized spacial score (nSPS) is 15.1. The molecule has 0 radical (unpaired) electrons. The number of fused-ring (bicyclic) bond motifs is 1. The van der Waals surface area contributed by atoms with Gasteiger partial charge < -0.3 is 9.74 Å². The Labute approximate surface area is 172 Å². The van der Waals surface area contributed by atoms with E-state index in [9.17, 15) is 22.8 Å². The summed E-state index contributed by atoms with van der Waals surface area (Å²) in [6.07, 6.45) is -4.32. The predicted molar refractivity (Wildman–Crippen MR) is 106 cm³/mol. The highest BCUT2D eigenvalue weighted by Crippen LogP contribution is 2.33. The number of alkyl halides is 3. The van der Waals surface area contributed by atoms with E-state index in [1.165, 1.54) is 17.0 Å². The summed E-state index contributed by atoms with van der Waals surface area (Å²) in [6, 6.07) is 10.0. The Morgan fingerprint density at radius 3 is 2.57 bits per heavy atom. The molecular formula is C22H21F3N2O3. The summed E-state index contributed by atoms with van der Waals surface area (Å²) in [5.74, 6) is -1.02. The van der Waals surface area contributed by atoms with Gasteiger partial charge in [0, 0.05) is 5.56 Å². The quantitative estimate of drug-likeness (QED) is 0.515. The zero-order chi connectivity index (χ0) is 22.1. The van der Waals surface area contributed by atoms with Crippen LogP contribution >= 0.6 is 0 Å². The summed E-state index contributed by atoms with van der Waals surface area (Å²) < 4.78 is 39.1. The number of benzene rings is 2. The summed E-state index contributed by atoms with van der Waals surface area (Å²) >= 11 is 0. The molecule has 2 aromatic rings. The lowest BCUT2D eigenvalue weighted by atomic mass is 10.1. The molecule has 2 aromatic carbocycles. The minimum Gasteiger partial charge on any atom is -0.317 e. The Balaban J connectivity index is 1.92. The number of amides is 1. The predicted octanol–water partition coefficient (Wildman–Crippen LogP) is 4.85. The monoisotopic (exact) mass is 418 g/mol. The molecule has 0 spiro atoms. The number of carbonyl (C=O) groups excluding carboxylic acids is 2. The van der Waals surface area contributed by atoms with E-state index in [2.05, 4.69) is 5.16 Å². The first kappa shape index (κ1) is 21.5. The van der Waals surface area contributed by atoms with Gasteiger partial charge in [0.25, 0.3) is 5.91 Å². The lowest BCUT2D eigenvalue weighted by Crippen LogP contribution is -2.30. The smallest absolute Gasteiger partial charge is 0.317 e. The van der Waals surface area contributed by atoms with E-state index < -0.39 is 23.6 Å². The van der Waals surface area contributed by atoms with E-state index in [4.69, 9.17) is 4.84 Å². The Hall–Kier alpha value is -3.16. The number of hydrogen-bond donors (Lipinski definition) is 0. The lowest BCUT2D eigenvalue weighted by Gasteiger charge is -2.18. The van der Waals surface area contributed by atoms with Gasteiger partial charge in [-0.25, -0.2) is 4.79 Å². The van der Waals surface area contributed by atoms with Crippen molar-refractivity contribution in [1.29, 1.82) is 0 Å². The van der Waals surface area contributed by atoms with Gasteiger partial charge in [0.1, 0.15) is 0 Å². The van der Waals surface area contributed by atoms with Crippen LogP contribution in [0.2, 0.25) is 0 Å². The van der Waals surface area contributed by atoms with Crippen molar-refractivity contribution >= 4 is 23.3 Å². The van der Waals surface area contributed by atoms with Crippen molar-refractivity contribution < 1.29 is 27.6 Å². The fourth-order valence-corrected chi connectivity index (χ4v) is 3.17. The lowest BCUT2D eigenvalue weighted by molar-refractivity contribution is -0.144. The molecule has 0 fully saturated rings. The molecule has 1 aliphatic heterocycles. The highest BCUT2D eigenvalue weighted by molar-refractivity contribution is 6.54. The molecule has 158 valence electrons. The molecule has 1 amide bonds. The first-order valence-electron chi connectivity index (χ1n) is 9.43. The van der Waals surface area contributed by atoms with Gasteiger partial charge in [-0.1, -0.05) is 42.8 Å². The zero-order valence-corrected chi connectivity index (χ0v) is 16.8. The fourth-order valence-electron chi connectivity index (χ4n) is 3.17. The third-order valence-corrected chi connectivity index (χ3v) is 4.55. The molecule has 1 aliphatic rings. The molecule has 0 saturated heterocycles. The third kappa shape index (κ3) is 4.69. The molecule has 3 rings (SSSR count). The Kier molecular flexibility index (Phi) is 5.96. The van der Waals surface area contributed by atoms with Gasteiger partial charge in [-0.3, -0.25) is 4.79 Å². The maximum Gasteiger partial charge on any atom is 0.416 e. The van der Waals surface area contributed by atoms with E-state index in [0.29, 0.717) is 16.8 Å². The standard InChI is InChI=1S/C22H21F3N2O3/c1-13(2)9-19(28)30-26-20-17-10-14(3)7-8-18(17)27(21(20)29)12-15-5-4-6-16(11-15)22(23,24)25/h4-8,10-11,13H,9,12H2,1-3H3. The molecule has 0 bridgehead atoms. The minimum atomic E-state index is -4.47. The summed E-state index contributed by atoms with van der Waals surface area (Å²) in [4.78, 5) is 31.1. The molecule has 0 aromatic heterocycles. The van der Waals surface area contributed by atoms with Crippen molar-refractivity contribution in [2.24, 2.45) is 11.1 Å².